The van der Waals surface area contributed by atoms with E-state index in [-0.39, 0.29) is 17.9 Å². The van der Waals surface area contributed by atoms with Gasteiger partial charge in [-0.15, -0.1) is 0 Å². The van der Waals surface area contributed by atoms with Crippen LogP contribution in [0.1, 0.15) is 37.6 Å². The molecule has 1 amide bonds. The lowest BCUT2D eigenvalue weighted by Gasteiger charge is -2.14. The summed E-state index contributed by atoms with van der Waals surface area (Å²) in [6.45, 7) is 6.86. The maximum atomic E-state index is 11.9. The van der Waals surface area contributed by atoms with Crippen LogP contribution >= 0.6 is 0 Å². The second-order valence-electron chi connectivity index (χ2n) is 4.82. The molecule has 1 aromatic carbocycles. The minimum atomic E-state index is -0.380. The van der Waals surface area contributed by atoms with E-state index in [1.165, 1.54) is 0 Å². The predicted molar refractivity (Wildman–Crippen MR) is 75.4 cm³/mol. The molecule has 0 spiro atoms. The number of aliphatic hydroxyl groups excluding tert-OH is 1. The van der Waals surface area contributed by atoms with Gasteiger partial charge in [0.15, 0.2) is 0 Å². The Balaban J connectivity index is 2.47. The van der Waals surface area contributed by atoms with Crippen molar-refractivity contribution in [3.05, 3.63) is 29.8 Å². The first-order chi connectivity index (χ1) is 9.04. The number of aliphatic hydroxyl groups is 1. The Bertz CT molecular complexity index is 404. The van der Waals surface area contributed by atoms with Crippen molar-refractivity contribution in [1.82, 2.24) is 5.32 Å². The number of amides is 1. The number of benzene rings is 1. The number of carbonyl (C=O) groups excluding carboxylic acids is 1. The van der Waals surface area contributed by atoms with Crippen molar-refractivity contribution in [3.8, 4) is 5.75 Å². The Morgan fingerprint density at radius 3 is 2.79 bits per heavy atom. The highest BCUT2D eigenvalue weighted by molar-refractivity contribution is 5.94. The molecule has 1 unspecified atom stereocenters. The molecular weight excluding hydrogens is 242 g/mol. The molecule has 4 heteroatoms. The summed E-state index contributed by atoms with van der Waals surface area (Å²) in [5.74, 6) is 0.757. The van der Waals surface area contributed by atoms with Crippen LogP contribution in [0.2, 0.25) is 0 Å². The Labute approximate surface area is 114 Å². The Kier molecular flexibility index (Phi) is 6.36. The van der Waals surface area contributed by atoms with E-state index < -0.39 is 0 Å². The molecule has 0 aliphatic rings. The van der Waals surface area contributed by atoms with Crippen LogP contribution in [-0.4, -0.2) is 30.3 Å². The predicted octanol–water partition coefficient (Wildman–Crippen LogP) is 2.22. The fourth-order valence-electron chi connectivity index (χ4n) is 1.66. The number of nitrogens with one attached hydrogen (secondary N) is 1. The van der Waals surface area contributed by atoms with Crippen LogP contribution in [-0.2, 0) is 0 Å². The number of carbonyl (C=O) groups is 1. The molecule has 0 aliphatic heterocycles. The summed E-state index contributed by atoms with van der Waals surface area (Å²) in [5, 5.41) is 12.5. The highest BCUT2D eigenvalue weighted by atomic mass is 16.5. The summed E-state index contributed by atoms with van der Waals surface area (Å²) >= 11 is 0. The molecule has 19 heavy (non-hydrogen) atoms. The first-order valence-corrected chi connectivity index (χ1v) is 6.73. The molecule has 2 N–H and O–H groups in total. The molecule has 0 heterocycles. The molecule has 1 aromatic rings. The van der Waals surface area contributed by atoms with E-state index in [1.54, 1.807) is 18.2 Å². The van der Waals surface area contributed by atoms with Crippen LogP contribution in [0.4, 0.5) is 0 Å². The molecule has 1 rings (SSSR count). The number of ether oxygens (including phenoxy) is 1. The zero-order chi connectivity index (χ0) is 14.3. The van der Waals surface area contributed by atoms with Gasteiger partial charge < -0.3 is 15.2 Å². The van der Waals surface area contributed by atoms with Crippen LogP contribution in [0.15, 0.2) is 24.3 Å². The van der Waals surface area contributed by atoms with E-state index in [4.69, 9.17) is 4.74 Å². The average molecular weight is 265 g/mol. The second kappa shape index (κ2) is 7.79. The Hall–Kier alpha value is -1.55. The third-order valence-electron chi connectivity index (χ3n) is 2.90. The third kappa shape index (κ3) is 5.30. The average Bonchev–Trinajstić information content (AvgIpc) is 2.39. The Morgan fingerprint density at radius 2 is 2.16 bits per heavy atom. The standard InChI is InChI=1S/C15H23NO3/c1-4-19-13-7-5-6-12(10-13)15(18)16-9-8-14(17)11(2)3/h5-7,10-11,14,17H,4,8-9H2,1-3H3,(H,16,18). The van der Waals surface area contributed by atoms with E-state index in [1.807, 2.05) is 26.8 Å². The first-order valence-electron chi connectivity index (χ1n) is 6.73. The van der Waals surface area contributed by atoms with Gasteiger partial charge in [-0.3, -0.25) is 4.79 Å². The molecule has 0 aromatic heterocycles. The van der Waals surface area contributed by atoms with Gasteiger partial charge in [0.05, 0.1) is 12.7 Å². The lowest BCUT2D eigenvalue weighted by atomic mass is 10.0. The van der Waals surface area contributed by atoms with Crippen molar-refractivity contribution >= 4 is 5.91 Å². The van der Waals surface area contributed by atoms with Gasteiger partial charge in [-0.05, 0) is 37.5 Å². The van der Waals surface area contributed by atoms with Crippen molar-refractivity contribution < 1.29 is 14.6 Å². The molecule has 1 atom stereocenters. The van der Waals surface area contributed by atoms with Gasteiger partial charge in [0.1, 0.15) is 5.75 Å². The molecule has 4 nitrogen and oxygen atoms in total. The summed E-state index contributed by atoms with van der Waals surface area (Å²) < 4.78 is 5.35. The van der Waals surface area contributed by atoms with E-state index in [0.29, 0.717) is 30.9 Å². The zero-order valence-electron chi connectivity index (χ0n) is 11.8. The summed E-state index contributed by atoms with van der Waals surface area (Å²) in [4.78, 5) is 11.9. The van der Waals surface area contributed by atoms with Crippen LogP contribution in [0.5, 0.6) is 5.75 Å². The second-order valence-corrected chi connectivity index (χ2v) is 4.82. The smallest absolute Gasteiger partial charge is 0.251 e. The largest absolute Gasteiger partial charge is 0.494 e. The van der Waals surface area contributed by atoms with E-state index >= 15 is 0 Å². The van der Waals surface area contributed by atoms with Crippen molar-refractivity contribution in [1.29, 1.82) is 0 Å². The van der Waals surface area contributed by atoms with Crippen molar-refractivity contribution in [3.63, 3.8) is 0 Å². The van der Waals surface area contributed by atoms with E-state index in [9.17, 15) is 9.90 Å². The van der Waals surface area contributed by atoms with Crippen molar-refractivity contribution in [2.45, 2.75) is 33.3 Å². The summed E-state index contributed by atoms with van der Waals surface area (Å²) in [5.41, 5.74) is 0.574. The van der Waals surface area contributed by atoms with Gasteiger partial charge >= 0.3 is 0 Å². The van der Waals surface area contributed by atoms with Gasteiger partial charge in [0.2, 0.25) is 0 Å². The van der Waals surface area contributed by atoms with E-state index in [0.717, 1.165) is 0 Å². The van der Waals surface area contributed by atoms with Crippen LogP contribution < -0.4 is 10.1 Å². The minimum Gasteiger partial charge on any atom is -0.494 e. The maximum Gasteiger partial charge on any atom is 0.251 e. The summed E-state index contributed by atoms with van der Waals surface area (Å²) in [6, 6.07) is 7.08. The SMILES string of the molecule is CCOc1cccc(C(=O)NCCC(O)C(C)C)c1. The fraction of sp³-hybridized carbons (Fsp3) is 0.533. The third-order valence-corrected chi connectivity index (χ3v) is 2.90. The lowest BCUT2D eigenvalue weighted by Crippen LogP contribution is -2.28. The van der Waals surface area contributed by atoms with Crippen LogP contribution in [0, 0.1) is 5.92 Å². The summed E-state index contributed by atoms with van der Waals surface area (Å²) in [7, 11) is 0. The number of rotatable bonds is 7. The monoisotopic (exact) mass is 265 g/mol. The van der Waals surface area contributed by atoms with Gasteiger partial charge in [-0.25, -0.2) is 0 Å². The fourth-order valence-corrected chi connectivity index (χ4v) is 1.66. The normalized spacial score (nSPS) is 12.3. The van der Waals surface area contributed by atoms with Gasteiger partial charge in [-0.2, -0.15) is 0 Å². The molecular formula is C15H23NO3. The van der Waals surface area contributed by atoms with Crippen LogP contribution in [0.25, 0.3) is 0 Å². The number of hydrogen-bond acceptors (Lipinski definition) is 3. The minimum absolute atomic E-state index is 0.141. The molecule has 0 bridgehead atoms. The maximum absolute atomic E-state index is 11.9. The first kappa shape index (κ1) is 15.5. The quantitative estimate of drug-likeness (QED) is 0.794. The van der Waals surface area contributed by atoms with Crippen LogP contribution in [0.3, 0.4) is 0 Å². The Morgan fingerprint density at radius 1 is 1.42 bits per heavy atom. The van der Waals surface area contributed by atoms with Gasteiger partial charge in [-0.1, -0.05) is 19.9 Å². The molecule has 0 saturated heterocycles. The molecule has 0 saturated carbocycles. The zero-order valence-corrected chi connectivity index (χ0v) is 11.8. The topological polar surface area (TPSA) is 58.6 Å². The lowest BCUT2D eigenvalue weighted by molar-refractivity contribution is 0.0919. The highest BCUT2D eigenvalue weighted by Crippen LogP contribution is 2.13. The molecule has 0 fully saturated rings. The number of hydrogen-bond donors (Lipinski definition) is 2. The van der Waals surface area contributed by atoms with Crippen molar-refractivity contribution in [2.75, 3.05) is 13.2 Å². The molecule has 106 valence electrons. The van der Waals surface area contributed by atoms with E-state index in [2.05, 4.69) is 5.32 Å². The summed E-state index contributed by atoms with van der Waals surface area (Å²) in [6.07, 6.45) is 0.184. The highest BCUT2D eigenvalue weighted by Gasteiger charge is 2.10. The van der Waals surface area contributed by atoms with Crippen molar-refractivity contribution in [2.24, 2.45) is 5.92 Å². The van der Waals surface area contributed by atoms with Gasteiger partial charge in [0.25, 0.3) is 5.91 Å². The molecule has 0 aliphatic carbocycles. The molecule has 0 radical (unpaired) electrons. The van der Waals surface area contributed by atoms with Gasteiger partial charge in [0, 0.05) is 12.1 Å².